The van der Waals surface area contributed by atoms with E-state index in [9.17, 15) is 4.79 Å². The second-order valence-corrected chi connectivity index (χ2v) is 7.70. The van der Waals surface area contributed by atoms with E-state index in [0.29, 0.717) is 12.1 Å². The smallest absolute Gasteiger partial charge is 0.356 e. The molecule has 146 valence electrons. The van der Waals surface area contributed by atoms with Crippen molar-refractivity contribution < 1.29 is 14.3 Å². The van der Waals surface area contributed by atoms with Gasteiger partial charge in [0.25, 0.3) is 0 Å². The fourth-order valence-corrected chi connectivity index (χ4v) is 4.13. The molecule has 1 fully saturated rings. The van der Waals surface area contributed by atoms with Gasteiger partial charge in [0.05, 0.1) is 19.7 Å². The molecule has 0 amide bonds. The molecule has 0 saturated heterocycles. The summed E-state index contributed by atoms with van der Waals surface area (Å²) in [7, 11) is 3.08. The lowest BCUT2D eigenvalue weighted by molar-refractivity contribution is 0.0593. The van der Waals surface area contributed by atoms with Crippen molar-refractivity contribution in [2.24, 2.45) is 0 Å². The molecule has 28 heavy (non-hydrogen) atoms. The van der Waals surface area contributed by atoms with Crippen LogP contribution in [0.1, 0.15) is 54.1 Å². The number of ether oxygens (including phenoxy) is 2. The van der Waals surface area contributed by atoms with E-state index in [4.69, 9.17) is 9.47 Å². The maximum Gasteiger partial charge on any atom is 0.356 e. The van der Waals surface area contributed by atoms with Crippen molar-refractivity contribution in [3.05, 3.63) is 59.0 Å². The molecule has 0 atom stereocenters. The zero-order valence-corrected chi connectivity index (χ0v) is 16.9. The second kappa shape index (κ2) is 6.97. The monoisotopic (exact) mass is 378 g/mol. The first-order chi connectivity index (χ1) is 13.5. The van der Waals surface area contributed by atoms with E-state index in [1.807, 2.05) is 18.2 Å². The highest BCUT2D eigenvalue weighted by Crippen LogP contribution is 2.51. The maximum absolute atomic E-state index is 11.9. The molecule has 1 saturated carbocycles. The third-order valence-electron chi connectivity index (χ3n) is 5.82. The van der Waals surface area contributed by atoms with Gasteiger partial charge in [-0.15, -0.1) is 0 Å². The van der Waals surface area contributed by atoms with Crippen LogP contribution in [0.25, 0.3) is 10.9 Å². The number of esters is 1. The quantitative estimate of drug-likeness (QED) is 0.593. The summed E-state index contributed by atoms with van der Waals surface area (Å²) in [6, 6.07) is 11.8. The van der Waals surface area contributed by atoms with E-state index in [1.54, 1.807) is 13.2 Å². The molecule has 4 rings (SSSR count). The third-order valence-corrected chi connectivity index (χ3v) is 5.82. The number of nitrogens with zero attached hydrogens (tertiary/aromatic N) is 2. The van der Waals surface area contributed by atoms with Crippen molar-refractivity contribution in [2.45, 2.75) is 45.1 Å². The standard InChI is InChI=1S/C23H26N2O3/c1-5-25-20-14-16(27-3)9-10-17(20)18(21(25)23(2)11-12-23)13-15-7-6-8-19(24-15)22(26)28-4/h6-10,14H,5,11-13H2,1-4H3. The Labute approximate surface area is 165 Å². The highest BCUT2D eigenvalue weighted by molar-refractivity contribution is 5.88. The Morgan fingerprint density at radius 1 is 1.21 bits per heavy atom. The van der Waals surface area contributed by atoms with Crippen molar-refractivity contribution in [2.75, 3.05) is 14.2 Å². The van der Waals surface area contributed by atoms with E-state index >= 15 is 0 Å². The Kier molecular flexibility index (Phi) is 4.61. The van der Waals surface area contributed by atoms with E-state index in [1.165, 1.54) is 42.1 Å². The molecule has 1 aromatic carbocycles. The normalized spacial score (nSPS) is 14.9. The summed E-state index contributed by atoms with van der Waals surface area (Å²) >= 11 is 0. The highest BCUT2D eigenvalue weighted by atomic mass is 16.5. The molecule has 1 aliphatic rings. The molecule has 2 aromatic heterocycles. The van der Waals surface area contributed by atoms with Gasteiger partial charge in [-0.25, -0.2) is 9.78 Å². The third kappa shape index (κ3) is 3.05. The van der Waals surface area contributed by atoms with Gasteiger partial charge in [-0.3, -0.25) is 0 Å². The van der Waals surface area contributed by atoms with Crippen LogP contribution in [0.4, 0.5) is 0 Å². The van der Waals surface area contributed by atoms with Crippen LogP contribution in [0.3, 0.4) is 0 Å². The Morgan fingerprint density at radius 2 is 2.00 bits per heavy atom. The fraction of sp³-hybridized carbons (Fsp3) is 0.391. The number of methoxy groups -OCH3 is 2. The first-order valence-corrected chi connectivity index (χ1v) is 9.74. The minimum atomic E-state index is -0.406. The van der Waals surface area contributed by atoms with Gasteiger partial charge in [-0.05, 0) is 49.6 Å². The summed E-state index contributed by atoms with van der Waals surface area (Å²) in [6.07, 6.45) is 3.08. The minimum Gasteiger partial charge on any atom is -0.497 e. The number of rotatable bonds is 6. The average Bonchev–Trinajstić information content (AvgIpc) is 3.39. The van der Waals surface area contributed by atoms with E-state index < -0.39 is 5.97 Å². The summed E-state index contributed by atoms with van der Waals surface area (Å²) < 4.78 is 12.7. The van der Waals surface area contributed by atoms with E-state index in [0.717, 1.165) is 18.0 Å². The molecule has 1 aliphatic carbocycles. The lowest BCUT2D eigenvalue weighted by atomic mass is 9.96. The van der Waals surface area contributed by atoms with Crippen LogP contribution in [-0.4, -0.2) is 29.7 Å². The molecule has 0 N–H and O–H groups in total. The topological polar surface area (TPSA) is 53.4 Å². The number of carbonyl (C=O) groups is 1. The summed E-state index contributed by atoms with van der Waals surface area (Å²) in [4.78, 5) is 16.4. The van der Waals surface area contributed by atoms with Crippen molar-refractivity contribution >= 4 is 16.9 Å². The number of hydrogen-bond donors (Lipinski definition) is 0. The van der Waals surface area contributed by atoms with Crippen LogP contribution in [0, 0.1) is 0 Å². The molecular weight excluding hydrogens is 352 g/mol. The van der Waals surface area contributed by atoms with Gasteiger partial charge in [0, 0.05) is 41.2 Å². The van der Waals surface area contributed by atoms with E-state index in [2.05, 4.69) is 35.5 Å². The number of benzene rings is 1. The van der Waals surface area contributed by atoms with Crippen molar-refractivity contribution in [3.8, 4) is 5.75 Å². The summed E-state index contributed by atoms with van der Waals surface area (Å²) in [5.74, 6) is 0.460. The van der Waals surface area contributed by atoms with Gasteiger partial charge in [0.1, 0.15) is 11.4 Å². The SMILES string of the molecule is CCn1c(C2(C)CC2)c(Cc2cccc(C(=O)OC)n2)c2ccc(OC)cc21. The van der Waals surface area contributed by atoms with Crippen LogP contribution in [0.5, 0.6) is 5.75 Å². The van der Waals surface area contributed by atoms with Gasteiger partial charge in [0.15, 0.2) is 0 Å². The maximum atomic E-state index is 11.9. The largest absolute Gasteiger partial charge is 0.497 e. The molecule has 0 unspecified atom stereocenters. The fourth-order valence-electron chi connectivity index (χ4n) is 4.13. The molecule has 5 nitrogen and oxygen atoms in total. The summed E-state index contributed by atoms with van der Waals surface area (Å²) in [5.41, 5.74) is 5.32. The number of hydrogen-bond acceptors (Lipinski definition) is 4. The molecular formula is C23H26N2O3. The summed E-state index contributed by atoms with van der Waals surface area (Å²) in [5, 5.41) is 1.23. The van der Waals surface area contributed by atoms with Gasteiger partial charge < -0.3 is 14.0 Å². The number of carbonyl (C=O) groups excluding carboxylic acids is 1. The Hall–Kier alpha value is -2.82. The first kappa shape index (κ1) is 18.5. The molecule has 0 aliphatic heterocycles. The Balaban J connectivity index is 1.88. The predicted molar refractivity (Wildman–Crippen MR) is 109 cm³/mol. The lowest BCUT2D eigenvalue weighted by Gasteiger charge is -2.16. The Morgan fingerprint density at radius 3 is 2.64 bits per heavy atom. The zero-order chi connectivity index (χ0) is 19.9. The van der Waals surface area contributed by atoms with Crippen LogP contribution in [0.2, 0.25) is 0 Å². The predicted octanol–water partition coefficient (Wildman–Crippen LogP) is 4.49. The van der Waals surface area contributed by atoms with Gasteiger partial charge >= 0.3 is 5.97 Å². The molecule has 0 bridgehead atoms. The van der Waals surface area contributed by atoms with Gasteiger partial charge in [0.2, 0.25) is 0 Å². The zero-order valence-electron chi connectivity index (χ0n) is 16.9. The van der Waals surface area contributed by atoms with Crippen LogP contribution < -0.4 is 4.74 Å². The summed E-state index contributed by atoms with van der Waals surface area (Å²) in [6.45, 7) is 5.44. The molecule has 5 heteroatoms. The number of aromatic nitrogens is 2. The van der Waals surface area contributed by atoms with Gasteiger partial charge in [-0.2, -0.15) is 0 Å². The van der Waals surface area contributed by atoms with E-state index in [-0.39, 0.29) is 5.41 Å². The Bertz CT molecular complexity index is 1050. The highest BCUT2D eigenvalue weighted by Gasteiger charge is 2.44. The van der Waals surface area contributed by atoms with Crippen molar-refractivity contribution in [1.29, 1.82) is 0 Å². The number of aryl methyl sites for hydroxylation is 1. The van der Waals surface area contributed by atoms with Crippen molar-refractivity contribution in [3.63, 3.8) is 0 Å². The van der Waals surface area contributed by atoms with Crippen molar-refractivity contribution in [1.82, 2.24) is 9.55 Å². The minimum absolute atomic E-state index is 0.206. The second-order valence-electron chi connectivity index (χ2n) is 7.70. The molecule has 0 spiro atoms. The van der Waals surface area contributed by atoms with Crippen LogP contribution in [-0.2, 0) is 23.1 Å². The molecule has 2 heterocycles. The first-order valence-electron chi connectivity index (χ1n) is 9.74. The molecule has 3 aromatic rings. The number of pyridine rings is 1. The average molecular weight is 378 g/mol. The molecule has 0 radical (unpaired) electrons. The number of fused-ring (bicyclic) bond motifs is 1. The van der Waals surface area contributed by atoms with Crippen LogP contribution >= 0.6 is 0 Å². The van der Waals surface area contributed by atoms with Crippen LogP contribution in [0.15, 0.2) is 36.4 Å². The van der Waals surface area contributed by atoms with Gasteiger partial charge in [-0.1, -0.05) is 13.0 Å². The lowest BCUT2D eigenvalue weighted by Crippen LogP contribution is -2.13.